The molecule has 4 heteroatoms. The first kappa shape index (κ1) is 21.6. The minimum atomic E-state index is -0.634. The summed E-state index contributed by atoms with van der Waals surface area (Å²) in [5, 5.41) is 0. The molecule has 1 unspecified atom stereocenters. The van der Waals surface area contributed by atoms with Gasteiger partial charge in [0, 0.05) is 12.5 Å². The number of hydrogen-bond donors (Lipinski definition) is 0. The summed E-state index contributed by atoms with van der Waals surface area (Å²) in [4.78, 5) is 11.8. The second-order valence-corrected chi connectivity index (χ2v) is 7.42. The summed E-state index contributed by atoms with van der Waals surface area (Å²) in [5.41, 5.74) is 0. The maximum Gasteiger partial charge on any atom is 0.309 e. The maximum atomic E-state index is 11.8. The fourth-order valence-corrected chi connectivity index (χ4v) is 3.29. The van der Waals surface area contributed by atoms with Crippen molar-refractivity contribution in [1.29, 1.82) is 0 Å². The molecule has 2 rings (SSSR count). The van der Waals surface area contributed by atoms with Crippen molar-refractivity contribution in [1.82, 2.24) is 0 Å². The molecule has 27 heavy (non-hydrogen) atoms. The predicted molar refractivity (Wildman–Crippen MR) is 108 cm³/mol. The van der Waals surface area contributed by atoms with E-state index in [2.05, 4.69) is 19.1 Å². The van der Waals surface area contributed by atoms with E-state index >= 15 is 0 Å². The van der Waals surface area contributed by atoms with E-state index in [0.717, 1.165) is 12.8 Å². The third-order valence-corrected chi connectivity index (χ3v) is 4.99. The summed E-state index contributed by atoms with van der Waals surface area (Å²) >= 11 is 0. The highest BCUT2D eigenvalue weighted by Crippen LogP contribution is 2.40. The Morgan fingerprint density at radius 2 is 1.59 bits per heavy atom. The standard InChI is InChI=1S/C23H36O4/c1-2-3-4-5-6-7-8-9-10-11-12-13-14-15-16-17-21(24)27-23-22-20(26-23)18-19-25-22/h9-10,18-19,23H,2-8,11-17H2,1H3/b10-9-. The number of hydrogen-bond acceptors (Lipinski definition) is 4. The number of unbranched alkanes of at least 4 members (excludes halogenated alkanes) is 11. The van der Waals surface area contributed by atoms with Gasteiger partial charge in [0.1, 0.15) is 0 Å². The van der Waals surface area contributed by atoms with Crippen molar-refractivity contribution in [2.24, 2.45) is 0 Å². The van der Waals surface area contributed by atoms with Gasteiger partial charge in [-0.3, -0.25) is 4.79 Å². The molecule has 0 fully saturated rings. The summed E-state index contributed by atoms with van der Waals surface area (Å²) in [6.07, 6.45) is 22.3. The molecule has 0 spiro atoms. The molecule has 0 amide bonds. The summed E-state index contributed by atoms with van der Waals surface area (Å²) in [7, 11) is 0. The van der Waals surface area contributed by atoms with Crippen molar-refractivity contribution >= 4 is 5.97 Å². The minimum Gasteiger partial charge on any atom is -0.457 e. The van der Waals surface area contributed by atoms with Gasteiger partial charge < -0.3 is 13.9 Å². The third-order valence-electron chi connectivity index (χ3n) is 4.99. The van der Waals surface area contributed by atoms with E-state index < -0.39 is 6.29 Å². The van der Waals surface area contributed by atoms with Crippen molar-refractivity contribution in [2.45, 2.75) is 103 Å². The molecule has 0 saturated heterocycles. The van der Waals surface area contributed by atoms with Crippen LogP contribution in [0.25, 0.3) is 0 Å². The Morgan fingerprint density at radius 3 is 2.26 bits per heavy atom. The lowest BCUT2D eigenvalue weighted by Crippen LogP contribution is -2.23. The molecule has 2 heterocycles. The lowest BCUT2D eigenvalue weighted by Gasteiger charge is -2.24. The number of fused-ring (bicyclic) bond motifs is 1. The number of carbonyl (C=O) groups excluding carboxylic acids is 1. The SMILES string of the molecule is CCCCCCCC/C=C\CCCCCCCC(=O)OC1Oc2ccoc21. The Hall–Kier alpha value is -1.71. The average Bonchev–Trinajstić information content (AvgIpc) is 3.04. The summed E-state index contributed by atoms with van der Waals surface area (Å²) < 4.78 is 15.7. The average molecular weight is 377 g/mol. The molecule has 0 bridgehead atoms. The molecule has 0 aromatic carbocycles. The lowest BCUT2D eigenvalue weighted by atomic mass is 10.1. The lowest BCUT2D eigenvalue weighted by molar-refractivity contribution is -0.176. The van der Waals surface area contributed by atoms with Crippen LogP contribution in [0.1, 0.15) is 109 Å². The second-order valence-electron chi connectivity index (χ2n) is 7.42. The number of furan rings is 1. The first-order valence-electron chi connectivity index (χ1n) is 10.9. The zero-order valence-corrected chi connectivity index (χ0v) is 16.9. The predicted octanol–water partition coefficient (Wildman–Crippen LogP) is 7.25. The molecule has 0 aliphatic carbocycles. The van der Waals surface area contributed by atoms with Crippen LogP contribution in [0.3, 0.4) is 0 Å². The van der Waals surface area contributed by atoms with Gasteiger partial charge in [-0.2, -0.15) is 0 Å². The molecule has 1 aromatic rings. The largest absolute Gasteiger partial charge is 0.457 e. The number of rotatable bonds is 16. The molecule has 1 aliphatic rings. The van der Waals surface area contributed by atoms with Crippen LogP contribution in [0.2, 0.25) is 0 Å². The van der Waals surface area contributed by atoms with Gasteiger partial charge >= 0.3 is 12.3 Å². The summed E-state index contributed by atoms with van der Waals surface area (Å²) in [6.45, 7) is 2.26. The van der Waals surface area contributed by atoms with Crippen molar-refractivity contribution in [3.8, 4) is 5.75 Å². The van der Waals surface area contributed by atoms with E-state index in [-0.39, 0.29) is 5.97 Å². The third kappa shape index (κ3) is 8.68. The smallest absolute Gasteiger partial charge is 0.309 e. The topological polar surface area (TPSA) is 48.7 Å². The highest BCUT2D eigenvalue weighted by atomic mass is 16.7. The highest BCUT2D eigenvalue weighted by molar-refractivity contribution is 5.69. The Morgan fingerprint density at radius 1 is 0.963 bits per heavy atom. The molecule has 4 nitrogen and oxygen atoms in total. The number of allylic oxidation sites excluding steroid dienone is 2. The molecule has 0 saturated carbocycles. The first-order valence-corrected chi connectivity index (χ1v) is 10.9. The van der Waals surface area contributed by atoms with Gasteiger partial charge in [0.05, 0.1) is 6.26 Å². The summed E-state index contributed by atoms with van der Waals surface area (Å²) in [5.74, 6) is 1.08. The van der Waals surface area contributed by atoms with Crippen LogP contribution in [-0.4, -0.2) is 5.97 Å². The van der Waals surface area contributed by atoms with Gasteiger partial charge in [-0.05, 0) is 32.1 Å². The summed E-state index contributed by atoms with van der Waals surface area (Å²) in [6, 6.07) is 1.73. The van der Waals surface area contributed by atoms with E-state index in [1.54, 1.807) is 12.3 Å². The monoisotopic (exact) mass is 376 g/mol. The Balaban J connectivity index is 1.32. The second kappa shape index (κ2) is 13.5. The Bertz CT molecular complexity index is 546. The zero-order valence-electron chi connectivity index (χ0n) is 16.9. The van der Waals surface area contributed by atoms with Crippen LogP contribution in [0.15, 0.2) is 28.9 Å². The van der Waals surface area contributed by atoms with Crippen LogP contribution in [0, 0.1) is 0 Å². The first-order chi connectivity index (χ1) is 13.3. The molecule has 1 aromatic heterocycles. The Kier molecular flexibility index (Phi) is 10.8. The van der Waals surface area contributed by atoms with Gasteiger partial charge in [-0.15, -0.1) is 0 Å². The van der Waals surface area contributed by atoms with Crippen molar-refractivity contribution in [3.05, 3.63) is 30.2 Å². The van der Waals surface area contributed by atoms with E-state index in [1.807, 2.05) is 0 Å². The van der Waals surface area contributed by atoms with E-state index in [9.17, 15) is 4.79 Å². The normalized spacial score (nSPS) is 15.4. The van der Waals surface area contributed by atoms with Crippen LogP contribution in [-0.2, 0) is 9.53 Å². The van der Waals surface area contributed by atoms with Gasteiger partial charge in [-0.25, -0.2) is 0 Å². The molecule has 0 N–H and O–H groups in total. The molecule has 1 aliphatic heterocycles. The molecule has 0 radical (unpaired) electrons. The minimum absolute atomic E-state index is 0.209. The van der Waals surface area contributed by atoms with Gasteiger partial charge in [0.2, 0.25) is 5.76 Å². The number of esters is 1. The van der Waals surface area contributed by atoms with Gasteiger partial charge in [0.25, 0.3) is 0 Å². The molecule has 1 atom stereocenters. The Labute approximate surface area is 164 Å². The van der Waals surface area contributed by atoms with Gasteiger partial charge in [-0.1, -0.05) is 70.4 Å². The quantitative estimate of drug-likeness (QED) is 0.173. The van der Waals surface area contributed by atoms with Crippen molar-refractivity contribution in [3.63, 3.8) is 0 Å². The van der Waals surface area contributed by atoms with Crippen LogP contribution >= 0.6 is 0 Å². The molecular weight excluding hydrogens is 340 g/mol. The highest BCUT2D eigenvalue weighted by Gasteiger charge is 2.35. The molecular formula is C23H36O4. The van der Waals surface area contributed by atoms with Crippen LogP contribution in [0.5, 0.6) is 5.75 Å². The maximum absolute atomic E-state index is 11.8. The van der Waals surface area contributed by atoms with Crippen molar-refractivity contribution in [2.75, 3.05) is 0 Å². The van der Waals surface area contributed by atoms with E-state index in [4.69, 9.17) is 13.9 Å². The molecule has 152 valence electrons. The van der Waals surface area contributed by atoms with Crippen LogP contribution < -0.4 is 4.74 Å². The van der Waals surface area contributed by atoms with Gasteiger partial charge in [0.15, 0.2) is 5.75 Å². The van der Waals surface area contributed by atoms with E-state index in [0.29, 0.717) is 17.9 Å². The van der Waals surface area contributed by atoms with Crippen molar-refractivity contribution < 1.29 is 18.7 Å². The number of ether oxygens (including phenoxy) is 2. The zero-order chi connectivity index (χ0) is 19.2. The fourth-order valence-electron chi connectivity index (χ4n) is 3.29. The number of carbonyl (C=O) groups is 1. The van der Waals surface area contributed by atoms with E-state index in [1.165, 1.54) is 70.6 Å². The van der Waals surface area contributed by atoms with Crippen LogP contribution in [0.4, 0.5) is 0 Å². The fraction of sp³-hybridized carbons (Fsp3) is 0.696.